The monoisotopic (exact) mass is 491 g/mol. The molecular formula is C23H27Cl2N5O3. The minimum Gasteiger partial charge on any atom is -0.467 e. The highest BCUT2D eigenvalue weighted by atomic mass is 35.5. The fourth-order valence-electron chi connectivity index (χ4n) is 4.51. The number of likely N-dealkylation sites (tertiary alicyclic amines) is 2. The van der Waals surface area contributed by atoms with Gasteiger partial charge in [0.15, 0.2) is 0 Å². The van der Waals surface area contributed by atoms with E-state index in [0.29, 0.717) is 46.7 Å². The van der Waals surface area contributed by atoms with Gasteiger partial charge in [0.05, 0.1) is 23.7 Å². The lowest BCUT2D eigenvalue weighted by Gasteiger charge is -2.36. The van der Waals surface area contributed by atoms with Crippen molar-refractivity contribution in [2.24, 2.45) is 0 Å². The van der Waals surface area contributed by atoms with Crippen LogP contribution in [-0.2, 0) is 4.79 Å². The molecule has 1 aromatic heterocycles. The Morgan fingerprint density at radius 3 is 2.48 bits per heavy atom. The summed E-state index contributed by atoms with van der Waals surface area (Å²) in [5, 5.41) is 3.37. The molecule has 2 amide bonds. The molecule has 1 unspecified atom stereocenters. The second kappa shape index (κ2) is 10.7. The van der Waals surface area contributed by atoms with Gasteiger partial charge in [-0.25, -0.2) is 9.97 Å². The quantitative estimate of drug-likeness (QED) is 0.667. The van der Waals surface area contributed by atoms with Crippen LogP contribution in [0.1, 0.15) is 41.1 Å². The molecule has 2 aromatic rings. The molecule has 0 saturated carbocycles. The summed E-state index contributed by atoms with van der Waals surface area (Å²) in [6.07, 6.45) is 6.74. The minimum atomic E-state index is -0.345. The molecule has 1 aromatic carbocycles. The zero-order valence-corrected chi connectivity index (χ0v) is 20.0. The summed E-state index contributed by atoms with van der Waals surface area (Å²) in [6, 6.07) is 5.39. The number of methoxy groups -OCH3 is 1. The lowest BCUT2D eigenvalue weighted by atomic mass is 9.90. The summed E-state index contributed by atoms with van der Waals surface area (Å²) in [4.78, 5) is 37.7. The molecule has 0 bridgehead atoms. The van der Waals surface area contributed by atoms with Gasteiger partial charge in [-0.05, 0) is 62.0 Å². The molecule has 2 fully saturated rings. The number of nitrogens with zero attached hydrogens (tertiary/aromatic N) is 4. The fourth-order valence-corrected chi connectivity index (χ4v) is 4.81. The summed E-state index contributed by atoms with van der Waals surface area (Å²) < 4.78 is 5.04. The maximum Gasteiger partial charge on any atom is 0.316 e. The van der Waals surface area contributed by atoms with Gasteiger partial charge in [-0.15, -0.1) is 0 Å². The predicted octanol–water partition coefficient (Wildman–Crippen LogP) is 3.00. The van der Waals surface area contributed by atoms with Gasteiger partial charge in [-0.2, -0.15) is 0 Å². The molecule has 2 saturated heterocycles. The first-order valence-electron chi connectivity index (χ1n) is 11.1. The first-order chi connectivity index (χ1) is 15.9. The van der Waals surface area contributed by atoms with E-state index in [0.717, 1.165) is 37.9 Å². The molecule has 0 aliphatic carbocycles. The van der Waals surface area contributed by atoms with E-state index in [1.54, 1.807) is 19.2 Å². The Labute approximate surface area is 203 Å². The van der Waals surface area contributed by atoms with Crippen LogP contribution in [0.3, 0.4) is 0 Å². The Kier molecular flexibility index (Phi) is 7.67. The number of hydrogen-bond acceptors (Lipinski definition) is 6. The van der Waals surface area contributed by atoms with Gasteiger partial charge in [0.1, 0.15) is 0 Å². The molecule has 4 rings (SSSR count). The second-order valence-electron chi connectivity index (χ2n) is 8.41. The lowest BCUT2D eigenvalue weighted by Crippen LogP contribution is -2.44. The van der Waals surface area contributed by atoms with Crippen LogP contribution in [0.2, 0.25) is 10.0 Å². The summed E-state index contributed by atoms with van der Waals surface area (Å²) in [5.74, 6) is 0.0290. The third-order valence-corrected chi connectivity index (χ3v) is 7.19. The van der Waals surface area contributed by atoms with Crippen LogP contribution < -0.4 is 10.1 Å². The molecule has 176 valence electrons. The number of piperidine rings is 1. The van der Waals surface area contributed by atoms with E-state index >= 15 is 0 Å². The molecule has 33 heavy (non-hydrogen) atoms. The number of carbonyl (C=O) groups excluding carboxylic acids is 2. The summed E-state index contributed by atoms with van der Waals surface area (Å²) >= 11 is 11.9. The first kappa shape index (κ1) is 23.7. The number of amides is 2. The number of halogens is 2. The normalized spacial score (nSPS) is 19.5. The Morgan fingerprint density at radius 1 is 1.09 bits per heavy atom. The number of aromatic nitrogens is 2. The van der Waals surface area contributed by atoms with Gasteiger partial charge in [-0.3, -0.25) is 14.5 Å². The van der Waals surface area contributed by atoms with Crippen molar-refractivity contribution in [2.45, 2.75) is 31.2 Å². The molecule has 0 spiro atoms. The molecule has 1 atom stereocenters. The standard InChI is InChI=1S/C23H27Cl2N5O3/c1-33-23-27-11-17(12-28-23)15-4-7-29(8-5-15)18-6-9-30(14-18)21(31)13-26-22(32)16-2-3-19(24)20(25)10-16/h2-3,10-12,15,18H,4-9,13-14H2,1H3,(H,26,32). The van der Waals surface area contributed by atoms with Crippen LogP contribution in [0.25, 0.3) is 0 Å². The van der Waals surface area contributed by atoms with Gasteiger partial charge in [0.2, 0.25) is 5.91 Å². The average Bonchev–Trinajstić information content (AvgIpc) is 3.35. The van der Waals surface area contributed by atoms with E-state index in [9.17, 15) is 9.59 Å². The Bertz CT molecular complexity index is 996. The van der Waals surface area contributed by atoms with Crippen LogP contribution in [0.5, 0.6) is 6.01 Å². The van der Waals surface area contributed by atoms with E-state index in [1.807, 2.05) is 17.3 Å². The molecule has 8 nitrogen and oxygen atoms in total. The molecule has 0 radical (unpaired) electrons. The van der Waals surface area contributed by atoms with Gasteiger partial charge >= 0.3 is 6.01 Å². The van der Waals surface area contributed by atoms with Crippen molar-refractivity contribution in [1.82, 2.24) is 25.1 Å². The zero-order valence-electron chi connectivity index (χ0n) is 18.5. The number of nitrogens with one attached hydrogen (secondary N) is 1. The Hall–Kier alpha value is -2.42. The smallest absolute Gasteiger partial charge is 0.316 e. The lowest BCUT2D eigenvalue weighted by molar-refractivity contribution is -0.129. The number of hydrogen-bond donors (Lipinski definition) is 1. The number of carbonyl (C=O) groups is 2. The van der Waals surface area contributed by atoms with Crippen LogP contribution in [0.15, 0.2) is 30.6 Å². The van der Waals surface area contributed by atoms with Crippen molar-refractivity contribution in [3.05, 3.63) is 51.8 Å². The summed E-state index contributed by atoms with van der Waals surface area (Å²) in [6.45, 7) is 3.33. The number of ether oxygens (including phenoxy) is 1. The maximum atomic E-state index is 12.6. The molecule has 10 heteroatoms. The van der Waals surface area contributed by atoms with Crippen LogP contribution in [0.4, 0.5) is 0 Å². The highest BCUT2D eigenvalue weighted by Crippen LogP contribution is 2.30. The Morgan fingerprint density at radius 2 is 1.82 bits per heavy atom. The first-order valence-corrected chi connectivity index (χ1v) is 11.8. The third kappa shape index (κ3) is 5.75. The van der Waals surface area contributed by atoms with E-state index in [2.05, 4.69) is 20.2 Å². The summed E-state index contributed by atoms with van der Waals surface area (Å²) in [7, 11) is 1.56. The SMILES string of the molecule is COc1ncc(C2CCN(C3CCN(C(=O)CNC(=O)c4ccc(Cl)c(Cl)c4)C3)CC2)cn1. The second-order valence-corrected chi connectivity index (χ2v) is 9.22. The Balaban J connectivity index is 1.22. The van der Waals surface area contributed by atoms with Crippen LogP contribution >= 0.6 is 23.2 Å². The van der Waals surface area contributed by atoms with E-state index < -0.39 is 0 Å². The number of benzene rings is 1. The number of rotatable bonds is 6. The highest BCUT2D eigenvalue weighted by molar-refractivity contribution is 6.42. The van der Waals surface area contributed by atoms with E-state index in [4.69, 9.17) is 27.9 Å². The van der Waals surface area contributed by atoms with Crippen molar-refractivity contribution in [1.29, 1.82) is 0 Å². The molecular weight excluding hydrogens is 465 g/mol. The van der Waals surface area contributed by atoms with Crippen molar-refractivity contribution < 1.29 is 14.3 Å². The predicted molar refractivity (Wildman–Crippen MR) is 126 cm³/mol. The molecule has 1 N–H and O–H groups in total. The fraction of sp³-hybridized carbons (Fsp3) is 0.478. The van der Waals surface area contributed by atoms with Gasteiger partial charge in [-0.1, -0.05) is 23.2 Å². The van der Waals surface area contributed by atoms with Gasteiger partial charge in [0.25, 0.3) is 5.91 Å². The van der Waals surface area contributed by atoms with Crippen molar-refractivity contribution in [3.8, 4) is 6.01 Å². The average molecular weight is 492 g/mol. The van der Waals surface area contributed by atoms with E-state index in [-0.39, 0.29) is 18.4 Å². The molecule has 2 aliphatic heterocycles. The van der Waals surface area contributed by atoms with Crippen molar-refractivity contribution in [2.75, 3.05) is 39.8 Å². The summed E-state index contributed by atoms with van der Waals surface area (Å²) in [5.41, 5.74) is 1.53. The largest absolute Gasteiger partial charge is 0.467 e. The minimum absolute atomic E-state index is 0.0364. The van der Waals surface area contributed by atoms with Crippen molar-refractivity contribution in [3.63, 3.8) is 0 Å². The van der Waals surface area contributed by atoms with E-state index in [1.165, 1.54) is 6.07 Å². The third-order valence-electron chi connectivity index (χ3n) is 6.45. The maximum absolute atomic E-state index is 12.6. The molecule has 2 aliphatic rings. The topological polar surface area (TPSA) is 87.7 Å². The van der Waals surface area contributed by atoms with Crippen LogP contribution in [0, 0.1) is 0 Å². The van der Waals surface area contributed by atoms with Crippen LogP contribution in [-0.4, -0.2) is 77.5 Å². The zero-order chi connectivity index (χ0) is 23.4. The molecule has 3 heterocycles. The van der Waals surface area contributed by atoms with Crippen molar-refractivity contribution >= 4 is 35.0 Å². The van der Waals surface area contributed by atoms with Gasteiger partial charge < -0.3 is 15.0 Å². The highest BCUT2D eigenvalue weighted by Gasteiger charge is 2.33. The van der Waals surface area contributed by atoms with Gasteiger partial charge in [0, 0.05) is 37.1 Å².